The Kier molecular flexibility index (Phi) is 3.39. The highest BCUT2D eigenvalue weighted by Gasteiger charge is 2.24. The van der Waals surface area contributed by atoms with Gasteiger partial charge in [-0.2, -0.15) is 0 Å². The minimum Gasteiger partial charge on any atom is -0.493 e. The van der Waals surface area contributed by atoms with Crippen molar-refractivity contribution in [1.82, 2.24) is 0 Å². The molecule has 1 aromatic rings. The van der Waals surface area contributed by atoms with E-state index in [1.165, 1.54) is 23.7 Å². The Labute approximate surface area is 98.7 Å². The minimum absolute atomic E-state index is 0.133. The van der Waals surface area contributed by atoms with Crippen molar-refractivity contribution in [2.24, 2.45) is 0 Å². The monoisotopic (exact) mass is 238 g/mol. The predicted molar refractivity (Wildman–Crippen MR) is 69.4 cm³/mol. The smallest absolute Gasteiger partial charge is 0.161 e. The first kappa shape index (κ1) is 11.7. The summed E-state index contributed by atoms with van der Waals surface area (Å²) in [5.41, 5.74) is 3.57. The van der Waals surface area contributed by atoms with Crippen LogP contribution >= 0.6 is 7.92 Å². The highest BCUT2D eigenvalue weighted by molar-refractivity contribution is 7.57. The van der Waals surface area contributed by atoms with Crippen molar-refractivity contribution >= 4 is 7.92 Å². The molecule has 1 aliphatic rings. The third-order valence-electron chi connectivity index (χ3n) is 3.49. The molecule has 0 fully saturated rings. The maximum absolute atomic E-state index is 5.37. The van der Waals surface area contributed by atoms with Crippen molar-refractivity contribution < 1.29 is 9.47 Å². The van der Waals surface area contributed by atoms with Crippen molar-refractivity contribution in [3.63, 3.8) is 0 Å². The average Bonchev–Trinajstić information content (AvgIpc) is 2.32. The van der Waals surface area contributed by atoms with Crippen molar-refractivity contribution in [3.05, 3.63) is 23.3 Å². The highest BCUT2D eigenvalue weighted by atomic mass is 31.1. The van der Waals surface area contributed by atoms with Gasteiger partial charge in [-0.15, -0.1) is 7.92 Å². The lowest BCUT2D eigenvalue weighted by atomic mass is 10.0. The van der Waals surface area contributed by atoms with Crippen LogP contribution in [0.3, 0.4) is 0 Å². The maximum Gasteiger partial charge on any atom is 0.161 e. The number of rotatable bonds is 2. The molecule has 0 aromatic heterocycles. The van der Waals surface area contributed by atoms with Gasteiger partial charge in [0, 0.05) is 5.66 Å². The van der Waals surface area contributed by atoms with Crippen LogP contribution in [0.2, 0.25) is 0 Å². The third kappa shape index (κ3) is 1.91. The SMILES string of the molecule is COc1cc2c(cc1OC)C(C)P(C)CC2. The summed E-state index contributed by atoms with van der Waals surface area (Å²) in [5, 5.41) is 0. The third-order valence-corrected chi connectivity index (χ3v) is 6.02. The maximum atomic E-state index is 5.37. The largest absolute Gasteiger partial charge is 0.493 e. The number of hydrogen-bond donors (Lipinski definition) is 0. The fraction of sp³-hybridized carbons (Fsp3) is 0.538. The van der Waals surface area contributed by atoms with Gasteiger partial charge in [-0.1, -0.05) is 6.92 Å². The molecule has 88 valence electrons. The van der Waals surface area contributed by atoms with Crippen LogP contribution in [0.4, 0.5) is 0 Å². The van der Waals surface area contributed by atoms with Crippen LogP contribution in [0.25, 0.3) is 0 Å². The standard InChI is InChI=1S/C13H19O2P/c1-9-11-8-13(15-3)12(14-2)7-10(11)5-6-16(9)4/h7-9H,5-6H2,1-4H3. The van der Waals surface area contributed by atoms with Crippen LogP contribution in [0, 0.1) is 0 Å². The van der Waals surface area contributed by atoms with E-state index in [1.807, 2.05) is 0 Å². The molecule has 0 bridgehead atoms. The molecule has 0 N–H and O–H groups in total. The number of aryl methyl sites for hydroxylation is 1. The summed E-state index contributed by atoms with van der Waals surface area (Å²) in [4.78, 5) is 0. The fourth-order valence-electron chi connectivity index (χ4n) is 2.27. The van der Waals surface area contributed by atoms with Gasteiger partial charge in [-0.25, -0.2) is 0 Å². The summed E-state index contributed by atoms with van der Waals surface area (Å²) in [6.45, 7) is 4.72. The lowest BCUT2D eigenvalue weighted by molar-refractivity contribution is 0.354. The first-order chi connectivity index (χ1) is 7.67. The Balaban J connectivity index is 2.48. The van der Waals surface area contributed by atoms with Gasteiger partial charge in [0.1, 0.15) is 0 Å². The molecule has 2 atom stereocenters. The van der Waals surface area contributed by atoms with Crippen molar-refractivity contribution in [1.29, 1.82) is 0 Å². The van der Waals surface area contributed by atoms with Gasteiger partial charge in [0.2, 0.25) is 0 Å². The van der Waals surface area contributed by atoms with E-state index in [4.69, 9.17) is 9.47 Å². The van der Waals surface area contributed by atoms with Gasteiger partial charge in [-0.05, 0) is 42.5 Å². The van der Waals surface area contributed by atoms with Crippen LogP contribution in [0.1, 0.15) is 23.7 Å². The molecule has 2 rings (SSSR count). The Morgan fingerprint density at radius 2 is 1.81 bits per heavy atom. The van der Waals surface area contributed by atoms with E-state index in [-0.39, 0.29) is 7.92 Å². The molecule has 0 aliphatic carbocycles. The molecule has 0 radical (unpaired) electrons. The summed E-state index contributed by atoms with van der Waals surface area (Å²) in [5.74, 6) is 1.72. The van der Waals surface area contributed by atoms with Gasteiger partial charge in [0.15, 0.2) is 11.5 Å². The molecular weight excluding hydrogens is 219 g/mol. The van der Waals surface area contributed by atoms with Gasteiger partial charge in [0.05, 0.1) is 14.2 Å². The quantitative estimate of drug-likeness (QED) is 0.735. The van der Waals surface area contributed by atoms with E-state index >= 15 is 0 Å². The fourth-order valence-corrected chi connectivity index (χ4v) is 3.97. The van der Waals surface area contributed by atoms with E-state index in [9.17, 15) is 0 Å². The van der Waals surface area contributed by atoms with Crippen molar-refractivity contribution in [2.75, 3.05) is 27.0 Å². The van der Waals surface area contributed by atoms with Crippen LogP contribution in [0.15, 0.2) is 12.1 Å². The zero-order valence-corrected chi connectivity index (χ0v) is 11.3. The van der Waals surface area contributed by atoms with Gasteiger partial charge in [-0.3, -0.25) is 0 Å². The van der Waals surface area contributed by atoms with Crippen LogP contribution in [-0.4, -0.2) is 27.0 Å². The molecule has 2 nitrogen and oxygen atoms in total. The Morgan fingerprint density at radius 3 is 2.44 bits per heavy atom. The predicted octanol–water partition coefficient (Wildman–Crippen LogP) is 3.43. The number of ether oxygens (including phenoxy) is 2. The molecule has 0 saturated heterocycles. The number of fused-ring (bicyclic) bond motifs is 1. The van der Waals surface area contributed by atoms with Gasteiger partial charge >= 0.3 is 0 Å². The highest BCUT2D eigenvalue weighted by Crippen LogP contribution is 2.53. The van der Waals surface area contributed by atoms with Crippen LogP contribution in [-0.2, 0) is 6.42 Å². The normalized spacial score (nSPS) is 23.8. The summed E-state index contributed by atoms with van der Waals surface area (Å²) in [7, 11) is 3.53. The van der Waals surface area contributed by atoms with Crippen LogP contribution < -0.4 is 9.47 Å². The summed E-state index contributed by atoms with van der Waals surface area (Å²) >= 11 is 0. The van der Waals surface area contributed by atoms with E-state index in [0.29, 0.717) is 5.66 Å². The molecule has 0 spiro atoms. The van der Waals surface area contributed by atoms with E-state index in [1.54, 1.807) is 14.2 Å². The molecular formula is C13H19O2P. The summed E-state index contributed by atoms with van der Waals surface area (Å²) < 4.78 is 10.7. The molecule has 1 aromatic carbocycles. The van der Waals surface area contributed by atoms with E-state index in [0.717, 1.165) is 11.5 Å². The first-order valence-electron chi connectivity index (χ1n) is 5.62. The second-order valence-corrected chi connectivity index (χ2v) is 7.05. The number of methoxy groups -OCH3 is 2. The topological polar surface area (TPSA) is 18.5 Å². The van der Waals surface area contributed by atoms with E-state index < -0.39 is 0 Å². The lowest BCUT2D eigenvalue weighted by Gasteiger charge is -2.30. The molecule has 2 unspecified atom stereocenters. The van der Waals surface area contributed by atoms with Crippen LogP contribution in [0.5, 0.6) is 11.5 Å². The molecule has 1 heterocycles. The Hall–Kier alpha value is -0.750. The minimum atomic E-state index is 0.133. The summed E-state index contributed by atoms with van der Waals surface area (Å²) in [6.07, 6.45) is 2.52. The second-order valence-electron chi connectivity index (χ2n) is 4.31. The molecule has 3 heteroatoms. The lowest BCUT2D eigenvalue weighted by Crippen LogP contribution is -2.09. The first-order valence-corrected chi connectivity index (χ1v) is 7.66. The average molecular weight is 238 g/mol. The number of benzene rings is 1. The zero-order valence-electron chi connectivity index (χ0n) is 10.4. The zero-order chi connectivity index (χ0) is 11.7. The summed E-state index contributed by atoms with van der Waals surface area (Å²) in [6, 6.07) is 4.31. The molecule has 1 aliphatic heterocycles. The molecule has 0 amide bonds. The Bertz CT molecular complexity index is 390. The molecule has 0 saturated carbocycles. The van der Waals surface area contributed by atoms with Gasteiger partial charge in [0.25, 0.3) is 0 Å². The second kappa shape index (κ2) is 4.63. The van der Waals surface area contributed by atoms with Gasteiger partial charge < -0.3 is 9.47 Å². The Morgan fingerprint density at radius 1 is 1.19 bits per heavy atom. The van der Waals surface area contributed by atoms with E-state index in [2.05, 4.69) is 25.7 Å². The number of hydrogen-bond acceptors (Lipinski definition) is 2. The van der Waals surface area contributed by atoms with Crippen molar-refractivity contribution in [3.8, 4) is 11.5 Å². The van der Waals surface area contributed by atoms with Crippen molar-refractivity contribution in [2.45, 2.75) is 19.0 Å². The molecule has 16 heavy (non-hydrogen) atoms.